The maximum atomic E-state index is 9.28. The fraction of sp³-hybridized carbons (Fsp3) is 0.556. The summed E-state index contributed by atoms with van der Waals surface area (Å²) in [5.41, 5.74) is 1.28. The van der Waals surface area contributed by atoms with Gasteiger partial charge in [0.1, 0.15) is 5.75 Å². The molecule has 0 bridgehead atoms. The van der Waals surface area contributed by atoms with Gasteiger partial charge in [-0.1, -0.05) is 18.1 Å². The van der Waals surface area contributed by atoms with E-state index in [-0.39, 0.29) is 0 Å². The topological polar surface area (TPSA) is 35.5 Å². The summed E-state index contributed by atoms with van der Waals surface area (Å²) in [6.07, 6.45) is 9.89. The highest BCUT2D eigenvalue weighted by Gasteiger charge is 2.19. The van der Waals surface area contributed by atoms with Crippen LogP contribution in [0.25, 0.3) is 0 Å². The fourth-order valence-corrected chi connectivity index (χ4v) is 2.92. The van der Waals surface area contributed by atoms with Gasteiger partial charge in [-0.05, 0) is 50.3 Å². The highest BCUT2D eigenvalue weighted by atomic mass is 16.3. The number of phenols is 1. The lowest BCUT2D eigenvalue weighted by molar-refractivity contribution is 0.209. The molecule has 1 heterocycles. The first-order valence-corrected chi connectivity index (χ1v) is 7.87. The minimum absolute atomic E-state index is 0.337. The molecule has 3 heteroatoms. The van der Waals surface area contributed by atoms with Crippen molar-refractivity contribution in [3.05, 3.63) is 29.8 Å². The third-order valence-electron chi connectivity index (χ3n) is 4.23. The number of phenolic OH excluding ortho intramolecular Hbond substituents is 1. The molecule has 1 fully saturated rings. The van der Waals surface area contributed by atoms with E-state index in [9.17, 15) is 5.11 Å². The Labute approximate surface area is 128 Å². The van der Waals surface area contributed by atoms with Gasteiger partial charge in [-0.2, -0.15) is 0 Å². The second kappa shape index (κ2) is 8.07. The summed E-state index contributed by atoms with van der Waals surface area (Å²) in [5.74, 6) is 3.06. The predicted molar refractivity (Wildman–Crippen MR) is 87.3 cm³/mol. The molecule has 0 spiro atoms. The number of terminal acetylenes is 1. The minimum atomic E-state index is 0.337. The summed E-state index contributed by atoms with van der Waals surface area (Å²) < 4.78 is 0. The number of aryl methyl sites for hydroxylation is 1. The molecule has 0 amide bonds. The van der Waals surface area contributed by atoms with Gasteiger partial charge in [-0.25, -0.2) is 0 Å². The number of piperidine rings is 1. The fourth-order valence-electron chi connectivity index (χ4n) is 2.92. The zero-order chi connectivity index (χ0) is 15.1. The first-order chi connectivity index (χ1) is 10.2. The van der Waals surface area contributed by atoms with Gasteiger partial charge in [0.25, 0.3) is 0 Å². The minimum Gasteiger partial charge on any atom is -0.508 e. The summed E-state index contributed by atoms with van der Waals surface area (Å²) >= 11 is 0. The molecule has 1 atom stereocenters. The smallest absolute Gasteiger partial charge is 0.115 e. The second-order valence-corrected chi connectivity index (χ2v) is 6.03. The van der Waals surface area contributed by atoms with Crippen LogP contribution >= 0.6 is 0 Å². The van der Waals surface area contributed by atoms with E-state index in [1.807, 2.05) is 12.1 Å². The lowest BCUT2D eigenvalue weighted by Gasteiger charge is -2.33. The normalized spacial score (nSPS) is 18.3. The molecule has 1 aliphatic heterocycles. The number of aromatic hydroxyl groups is 1. The third-order valence-corrected chi connectivity index (χ3v) is 4.23. The molecule has 1 saturated heterocycles. The van der Waals surface area contributed by atoms with Crippen LogP contribution in [0.15, 0.2) is 24.3 Å². The summed E-state index contributed by atoms with van der Waals surface area (Å²) in [4.78, 5) is 2.35. The SMILES string of the molecule is C#CCN1CCC(NC(C)CCc2ccc(O)cc2)CC1. The van der Waals surface area contributed by atoms with Crippen LogP contribution in [0, 0.1) is 12.3 Å². The maximum Gasteiger partial charge on any atom is 0.115 e. The Kier molecular flexibility index (Phi) is 6.10. The van der Waals surface area contributed by atoms with Crippen molar-refractivity contribution < 1.29 is 5.11 Å². The Morgan fingerprint density at radius 2 is 2.00 bits per heavy atom. The zero-order valence-electron chi connectivity index (χ0n) is 12.9. The van der Waals surface area contributed by atoms with Crippen molar-refractivity contribution in [3.63, 3.8) is 0 Å². The van der Waals surface area contributed by atoms with Crippen LogP contribution in [0.1, 0.15) is 31.7 Å². The molecule has 1 aliphatic rings. The van der Waals surface area contributed by atoms with E-state index in [1.165, 1.54) is 18.4 Å². The molecule has 2 rings (SSSR count). The van der Waals surface area contributed by atoms with Gasteiger partial charge in [0.15, 0.2) is 0 Å². The van der Waals surface area contributed by atoms with E-state index >= 15 is 0 Å². The van der Waals surface area contributed by atoms with Crippen LogP contribution in [-0.4, -0.2) is 41.7 Å². The molecule has 0 radical (unpaired) electrons. The molecule has 114 valence electrons. The Balaban J connectivity index is 1.67. The quantitative estimate of drug-likeness (QED) is 0.788. The standard InChI is InChI=1S/C18H26N2O/c1-3-12-20-13-10-17(11-14-20)19-15(2)4-5-16-6-8-18(21)9-7-16/h1,6-9,15,17,19,21H,4-5,10-14H2,2H3. The van der Waals surface area contributed by atoms with Crippen LogP contribution in [0.2, 0.25) is 0 Å². The first kappa shape index (κ1) is 15.9. The molecule has 2 N–H and O–H groups in total. The van der Waals surface area contributed by atoms with Gasteiger partial charge in [-0.3, -0.25) is 4.90 Å². The molecular formula is C18H26N2O. The lowest BCUT2D eigenvalue weighted by atomic mass is 10.0. The Morgan fingerprint density at radius 1 is 1.33 bits per heavy atom. The largest absolute Gasteiger partial charge is 0.508 e. The number of rotatable bonds is 6. The average Bonchev–Trinajstić information content (AvgIpc) is 2.49. The number of benzene rings is 1. The molecule has 0 aromatic heterocycles. The average molecular weight is 286 g/mol. The van der Waals surface area contributed by atoms with Gasteiger partial charge in [0, 0.05) is 25.2 Å². The van der Waals surface area contributed by atoms with Crippen molar-refractivity contribution in [2.45, 2.75) is 44.7 Å². The van der Waals surface area contributed by atoms with Crippen LogP contribution in [0.3, 0.4) is 0 Å². The molecule has 1 aromatic rings. The number of nitrogens with zero attached hydrogens (tertiary/aromatic N) is 1. The van der Waals surface area contributed by atoms with Crippen LogP contribution in [0.5, 0.6) is 5.75 Å². The van der Waals surface area contributed by atoms with Gasteiger partial charge in [0.2, 0.25) is 0 Å². The van der Waals surface area contributed by atoms with Crippen LogP contribution < -0.4 is 5.32 Å². The monoisotopic (exact) mass is 286 g/mol. The van der Waals surface area contributed by atoms with Crippen molar-refractivity contribution in [3.8, 4) is 18.1 Å². The molecule has 1 aromatic carbocycles. The molecule has 3 nitrogen and oxygen atoms in total. The van der Waals surface area contributed by atoms with Crippen molar-refractivity contribution in [1.29, 1.82) is 0 Å². The van der Waals surface area contributed by atoms with E-state index in [4.69, 9.17) is 6.42 Å². The van der Waals surface area contributed by atoms with E-state index in [1.54, 1.807) is 12.1 Å². The summed E-state index contributed by atoms with van der Waals surface area (Å²) in [6, 6.07) is 8.65. The molecule has 1 unspecified atom stereocenters. The Bertz CT molecular complexity index is 455. The second-order valence-electron chi connectivity index (χ2n) is 6.03. The number of nitrogens with one attached hydrogen (secondary N) is 1. The van der Waals surface area contributed by atoms with E-state index in [0.29, 0.717) is 17.8 Å². The van der Waals surface area contributed by atoms with E-state index in [2.05, 4.69) is 23.1 Å². The maximum absolute atomic E-state index is 9.28. The van der Waals surface area contributed by atoms with Crippen molar-refractivity contribution >= 4 is 0 Å². The van der Waals surface area contributed by atoms with Crippen molar-refractivity contribution in [1.82, 2.24) is 10.2 Å². The number of likely N-dealkylation sites (tertiary alicyclic amines) is 1. The van der Waals surface area contributed by atoms with Gasteiger partial charge >= 0.3 is 0 Å². The third kappa shape index (κ3) is 5.41. The highest BCUT2D eigenvalue weighted by Crippen LogP contribution is 2.14. The summed E-state index contributed by atoms with van der Waals surface area (Å²) in [6.45, 7) is 5.25. The molecule has 0 aliphatic carbocycles. The van der Waals surface area contributed by atoms with Crippen LogP contribution in [0.4, 0.5) is 0 Å². The van der Waals surface area contributed by atoms with E-state index < -0.39 is 0 Å². The van der Waals surface area contributed by atoms with Crippen molar-refractivity contribution in [2.24, 2.45) is 0 Å². The highest BCUT2D eigenvalue weighted by molar-refractivity contribution is 5.25. The first-order valence-electron chi connectivity index (χ1n) is 7.87. The van der Waals surface area contributed by atoms with Crippen molar-refractivity contribution in [2.75, 3.05) is 19.6 Å². The molecule has 0 saturated carbocycles. The van der Waals surface area contributed by atoms with Gasteiger partial charge in [0.05, 0.1) is 6.54 Å². The Morgan fingerprint density at radius 3 is 2.62 bits per heavy atom. The molecule has 21 heavy (non-hydrogen) atoms. The van der Waals surface area contributed by atoms with Crippen LogP contribution in [-0.2, 0) is 6.42 Å². The predicted octanol–water partition coefficient (Wildman–Crippen LogP) is 2.40. The summed E-state index contributed by atoms with van der Waals surface area (Å²) in [7, 11) is 0. The van der Waals surface area contributed by atoms with Gasteiger partial charge in [-0.15, -0.1) is 6.42 Å². The van der Waals surface area contributed by atoms with E-state index in [0.717, 1.165) is 32.5 Å². The summed E-state index contributed by atoms with van der Waals surface area (Å²) in [5, 5.41) is 13.0. The Hall–Kier alpha value is -1.50. The van der Waals surface area contributed by atoms with Gasteiger partial charge < -0.3 is 10.4 Å². The molecular weight excluding hydrogens is 260 g/mol. The number of hydrogen-bond donors (Lipinski definition) is 2. The number of hydrogen-bond acceptors (Lipinski definition) is 3. The zero-order valence-corrected chi connectivity index (χ0v) is 12.9. The lowest BCUT2D eigenvalue weighted by Crippen LogP contribution is -2.45.